The second-order valence-electron chi connectivity index (χ2n) is 5.32. The van der Waals surface area contributed by atoms with E-state index in [0.29, 0.717) is 0 Å². The summed E-state index contributed by atoms with van der Waals surface area (Å²) in [6.45, 7) is 2.32. The first-order valence-corrected chi connectivity index (χ1v) is 6.54. The molecule has 1 N–H and O–H groups in total. The fourth-order valence-electron chi connectivity index (χ4n) is 1.95. The van der Waals surface area contributed by atoms with Crippen LogP contribution in [0.1, 0.15) is 24.2 Å². The molecule has 0 aliphatic rings. The van der Waals surface area contributed by atoms with Gasteiger partial charge in [-0.25, -0.2) is 0 Å². The molecule has 0 atom stereocenters. The van der Waals surface area contributed by atoms with E-state index < -0.39 is 0 Å². The number of hydrogen-bond acceptors (Lipinski definition) is 2. The summed E-state index contributed by atoms with van der Waals surface area (Å²) in [4.78, 5) is 8.00. The lowest BCUT2D eigenvalue weighted by Crippen LogP contribution is -2.13. The van der Waals surface area contributed by atoms with Gasteiger partial charge in [-0.3, -0.25) is 0 Å². The highest BCUT2D eigenvalue weighted by atomic mass is 15.0. The number of aryl methyl sites for hydroxylation is 2. The van der Waals surface area contributed by atoms with Gasteiger partial charge in [0.05, 0.1) is 0 Å². The Morgan fingerprint density at radius 1 is 0.824 bits per heavy atom. The summed E-state index contributed by atoms with van der Waals surface area (Å²) in [6, 6.07) is 4.47. The number of nitrogens with one attached hydrogen (secondary N) is 1. The fraction of sp³-hybridized carbons (Fsp3) is 0.714. The van der Waals surface area contributed by atoms with Crippen LogP contribution in [0.2, 0.25) is 0 Å². The van der Waals surface area contributed by atoms with Gasteiger partial charge in [0.15, 0.2) is 0 Å². The lowest BCUT2D eigenvalue weighted by molar-refractivity contribution is 0.398. The average molecular weight is 237 g/mol. The van der Waals surface area contributed by atoms with Gasteiger partial charge in [-0.2, -0.15) is 0 Å². The van der Waals surface area contributed by atoms with Crippen molar-refractivity contribution >= 4 is 0 Å². The summed E-state index contributed by atoms with van der Waals surface area (Å²) >= 11 is 0. The number of H-pyrrole nitrogens is 1. The fourth-order valence-corrected chi connectivity index (χ4v) is 1.95. The van der Waals surface area contributed by atoms with E-state index in [1.165, 1.54) is 24.2 Å². The van der Waals surface area contributed by atoms with E-state index in [1.807, 2.05) is 0 Å². The normalized spacial score (nSPS) is 11.6. The predicted octanol–water partition coefficient (Wildman–Crippen LogP) is 2.00. The molecular formula is C14H27N3. The molecule has 0 bridgehead atoms. The summed E-state index contributed by atoms with van der Waals surface area (Å²) in [6.07, 6.45) is 4.77. The van der Waals surface area contributed by atoms with E-state index >= 15 is 0 Å². The maximum Gasteiger partial charge on any atom is 0.0149 e. The zero-order valence-electron chi connectivity index (χ0n) is 11.8. The Labute approximate surface area is 106 Å². The maximum atomic E-state index is 3.52. The Kier molecular flexibility index (Phi) is 6.30. The molecule has 1 aromatic rings. The second-order valence-corrected chi connectivity index (χ2v) is 5.32. The van der Waals surface area contributed by atoms with Gasteiger partial charge in [-0.15, -0.1) is 0 Å². The van der Waals surface area contributed by atoms with Gasteiger partial charge in [0.1, 0.15) is 0 Å². The van der Waals surface area contributed by atoms with Crippen LogP contribution < -0.4 is 0 Å². The highest BCUT2D eigenvalue weighted by Gasteiger charge is 2.00. The molecule has 0 saturated heterocycles. The van der Waals surface area contributed by atoms with Crippen LogP contribution in [0.5, 0.6) is 0 Å². The molecular weight excluding hydrogens is 210 g/mol. The van der Waals surface area contributed by atoms with Crippen LogP contribution >= 0.6 is 0 Å². The summed E-state index contributed by atoms with van der Waals surface area (Å²) in [5.41, 5.74) is 2.76. The summed E-state index contributed by atoms with van der Waals surface area (Å²) < 4.78 is 0. The minimum Gasteiger partial charge on any atom is -0.362 e. The highest BCUT2D eigenvalue weighted by Crippen LogP contribution is 2.07. The molecule has 0 spiro atoms. The third-order valence-corrected chi connectivity index (χ3v) is 2.91. The molecule has 0 amide bonds. The smallest absolute Gasteiger partial charge is 0.0149 e. The van der Waals surface area contributed by atoms with Gasteiger partial charge in [-0.05, 0) is 79.1 Å². The molecule has 0 aliphatic carbocycles. The molecule has 0 radical (unpaired) electrons. The van der Waals surface area contributed by atoms with Crippen LogP contribution in [-0.2, 0) is 12.8 Å². The van der Waals surface area contributed by atoms with E-state index in [0.717, 1.165) is 25.9 Å². The lowest BCUT2D eigenvalue weighted by atomic mass is 10.2. The van der Waals surface area contributed by atoms with Gasteiger partial charge in [0.25, 0.3) is 0 Å². The number of aromatic nitrogens is 1. The molecule has 98 valence electrons. The summed E-state index contributed by atoms with van der Waals surface area (Å²) in [7, 11) is 8.51. The first-order valence-electron chi connectivity index (χ1n) is 6.54. The number of rotatable bonds is 8. The van der Waals surface area contributed by atoms with Gasteiger partial charge in [-0.1, -0.05) is 0 Å². The van der Waals surface area contributed by atoms with Crippen LogP contribution in [0.25, 0.3) is 0 Å². The minimum absolute atomic E-state index is 1.16. The molecule has 1 heterocycles. The molecule has 3 nitrogen and oxygen atoms in total. The highest BCUT2D eigenvalue weighted by molar-refractivity contribution is 5.13. The van der Waals surface area contributed by atoms with Crippen molar-refractivity contribution < 1.29 is 0 Å². The second kappa shape index (κ2) is 7.51. The van der Waals surface area contributed by atoms with Crippen molar-refractivity contribution in [3.8, 4) is 0 Å². The summed E-state index contributed by atoms with van der Waals surface area (Å²) in [5, 5.41) is 0. The topological polar surface area (TPSA) is 22.3 Å². The van der Waals surface area contributed by atoms with Gasteiger partial charge in [0, 0.05) is 11.4 Å². The molecule has 0 aromatic carbocycles. The van der Waals surface area contributed by atoms with Crippen molar-refractivity contribution in [2.45, 2.75) is 25.7 Å². The van der Waals surface area contributed by atoms with E-state index in [2.05, 4.69) is 55.1 Å². The standard InChI is InChI=1S/C14H27N3/c1-16(2)11-5-7-13-9-10-14(15-13)8-6-12-17(3)4/h9-10,15H,5-8,11-12H2,1-4H3. The Morgan fingerprint density at radius 3 is 1.59 bits per heavy atom. The van der Waals surface area contributed by atoms with Crippen molar-refractivity contribution in [2.75, 3.05) is 41.3 Å². The SMILES string of the molecule is CN(C)CCCc1ccc(CCCN(C)C)[nH]1. The van der Waals surface area contributed by atoms with E-state index in [4.69, 9.17) is 0 Å². The first kappa shape index (κ1) is 14.3. The van der Waals surface area contributed by atoms with Crippen LogP contribution in [0.4, 0.5) is 0 Å². The number of hydrogen-bond donors (Lipinski definition) is 1. The molecule has 17 heavy (non-hydrogen) atoms. The van der Waals surface area contributed by atoms with Crippen LogP contribution in [0, 0.1) is 0 Å². The zero-order valence-corrected chi connectivity index (χ0v) is 11.8. The molecule has 3 heteroatoms. The van der Waals surface area contributed by atoms with Crippen molar-refractivity contribution in [3.63, 3.8) is 0 Å². The quantitative estimate of drug-likeness (QED) is 0.747. The predicted molar refractivity (Wildman–Crippen MR) is 74.5 cm³/mol. The zero-order chi connectivity index (χ0) is 12.7. The van der Waals surface area contributed by atoms with Gasteiger partial charge in [0.2, 0.25) is 0 Å². The number of nitrogens with zero attached hydrogens (tertiary/aromatic N) is 2. The summed E-state index contributed by atoms with van der Waals surface area (Å²) in [5.74, 6) is 0. The van der Waals surface area contributed by atoms with Crippen molar-refractivity contribution in [3.05, 3.63) is 23.5 Å². The van der Waals surface area contributed by atoms with Gasteiger partial charge >= 0.3 is 0 Å². The first-order chi connectivity index (χ1) is 8.08. The van der Waals surface area contributed by atoms with Crippen molar-refractivity contribution in [2.24, 2.45) is 0 Å². The van der Waals surface area contributed by atoms with Gasteiger partial charge < -0.3 is 14.8 Å². The lowest BCUT2D eigenvalue weighted by Gasteiger charge is -2.08. The largest absolute Gasteiger partial charge is 0.362 e. The average Bonchev–Trinajstić information content (AvgIpc) is 2.65. The third-order valence-electron chi connectivity index (χ3n) is 2.91. The van der Waals surface area contributed by atoms with E-state index in [1.54, 1.807) is 0 Å². The van der Waals surface area contributed by atoms with Crippen LogP contribution in [-0.4, -0.2) is 56.1 Å². The maximum absolute atomic E-state index is 3.52. The van der Waals surface area contributed by atoms with E-state index in [9.17, 15) is 0 Å². The molecule has 0 unspecified atom stereocenters. The molecule has 1 rings (SSSR count). The van der Waals surface area contributed by atoms with Crippen LogP contribution in [0.15, 0.2) is 12.1 Å². The molecule has 0 aliphatic heterocycles. The molecule has 1 aromatic heterocycles. The molecule has 0 saturated carbocycles. The Hall–Kier alpha value is -0.800. The Balaban J connectivity index is 2.23. The van der Waals surface area contributed by atoms with E-state index in [-0.39, 0.29) is 0 Å². The van der Waals surface area contributed by atoms with Crippen molar-refractivity contribution in [1.29, 1.82) is 0 Å². The number of aromatic amines is 1. The molecule has 0 fully saturated rings. The van der Waals surface area contributed by atoms with Crippen molar-refractivity contribution in [1.82, 2.24) is 14.8 Å². The Morgan fingerprint density at radius 2 is 1.24 bits per heavy atom. The monoisotopic (exact) mass is 237 g/mol. The Bertz CT molecular complexity index is 274. The van der Waals surface area contributed by atoms with Crippen LogP contribution in [0.3, 0.4) is 0 Å². The third kappa shape index (κ3) is 6.49. The minimum atomic E-state index is 1.16.